The van der Waals surface area contributed by atoms with Crippen LogP contribution in [0.2, 0.25) is 0 Å². The molecule has 2 N–H and O–H groups in total. The minimum Gasteiger partial charge on any atom is -0.497 e. The average molecular weight is 362 g/mol. The smallest absolute Gasteiger partial charge is 0.497 e. The molecule has 0 amide bonds. The van der Waals surface area contributed by atoms with Gasteiger partial charge >= 0.3 is 6.36 Å². The SMILES string of the molecule is COc1ccc2[nH]c3c(c2c1)CCNC3c1ccc(OC(F)(F)F)cc1. The summed E-state index contributed by atoms with van der Waals surface area (Å²) in [6.07, 6.45) is -3.82. The predicted molar refractivity (Wildman–Crippen MR) is 91.5 cm³/mol. The van der Waals surface area contributed by atoms with Crippen molar-refractivity contribution in [3.8, 4) is 11.5 Å². The molecular formula is C19H17F3N2O2. The molecule has 2 aromatic carbocycles. The summed E-state index contributed by atoms with van der Waals surface area (Å²) in [6, 6.07) is 11.7. The van der Waals surface area contributed by atoms with Gasteiger partial charge < -0.3 is 19.8 Å². The van der Waals surface area contributed by atoms with E-state index in [-0.39, 0.29) is 11.8 Å². The number of fused-ring (bicyclic) bond motifs is 3. The molecule has 1 atom stereocenters. The molecule has 1 aliphatic rings. The topological polar surface area (TPSA) is 46.3 Å². The highest BCUT2D eigenvalue weighted by Crippen LogP contribution is 2.35. The second kappa shape index (κ2) is 6.25. The molecule has 0 aliphatic carbocycles. The van der Waals surface area contributed by atoms with Gasteiger partial charge in [0.1, 0.15) is 11.5 Å². The fraction of sp³-hybridized carbons (Fsp3) is 0.263. The van der Waals surface area contributed by atoms with Crippen molar-refractivity contribution in [2.24, 2.45) is 0 Å². The number of aromatic amines is 1. The Morgan fingerprint density at radius 3 is 2.46 bits per heavy atom. The van der Waals surface area contributed by atoms with Crippen molar-refractivity contribution < 1.29 is 22.6 Å². The highest BCUT2D eigenvalue weighted by Gasteiger charge is 2.31. The van der Waals surface area contributed by atoms with E-state index in [0.717, 1.165) is 40.9 Å². The van der Waals surface area contributed by atoms with Crippen LogP contribution in [-0.2, 0) is 6.42 Å². The van der Waals surface area contributed by atoms with Crippen molar-refractivity contribution in [2.45, 2.75) is 18.8 Å². The average Bonchev–Trinajstić information content (AvgIpc) is 2.99. The third-order valence-electron chi connectivity index (χ3n) is 4.61. The Kier molecular flexibility index (Phi) is 4.03. The van der Waals surface area contributed by atoms with E-state index in [9.17, 15) is 13.2 Å². The molecule has 0 bridgehead atoms. The van der Waals surface area contributed by atoms with Crippen LogP contribution in [0.1, 0.15) is 22.9 Å². The van der Waals surface area contributed by atoms with Crippen LogP contribution in [0.3, 0.4) is 0 Å². The van der Waals surface area contributed by atoms with Crippen LogP contribution in [0.25, 0.3) is 10.9 Å². The summed E-state index contributed by atoms with van der Waals surface area (Å²) in [7, 11) is 1.63. The second-order valence-electron chi connectivity index (χ2n) is 6.18. The lowest BCUT2D eigenvalue weighted by Gasteiger charge is -2.25. The molecule has 0 saturated heterocycles. The van der Waals surface area contributed by atoms with Crippen LogP contribution in [-0.4, -0.2) is 25.0 Å². The van der Waals surface area contributed by atoms with E-state index < -0.39 is 6.36 Å². The van der Waals surface area contributed by atoms with Crippen molar-refractivity contribution >= 4 is 10.9 Å². The fourth-order valence-corrected chi connectivity index (χ4v) is 3.48. The molecule has 2 heterocycles. The standard InChI is InChI=1S/C19H17F3N2O2/c1-25-13-6-7-16-15(10-13)14-8-9-23-17(18(14)24-16)11-2-4-12(5-3-11)26-19(20,21)22/h2-7,10,17,23-24H,8-9H2,1H3. The van der Waals surface area contributed by atoms with Crippen molar-refractivity contribution in [2.75, 3.05) is 13.7 Å². The zero-order valence-corrected chi connectivity index (χ0v) is 14.0. The van der Waals surface area contributed by atoms with Gasteiger partial charge in [-0.3, -0.25) is 0 Å². The van der Waals surface area contributed by atoms with Gasteiger partial charge in [-0.15, -0.1) is 13.2 Å². The zero-order valence-electron chi connectivity index (χ0n) is 14.0. The lowest BCUT2D eigenvalue weighted by Crippen LogP contribution is -2.30. The Hall–Kier alpha value is -2.67. The normalized spacial score (nSPS) is 17.2. The van der Waals surface area contributed by atoms with Gasteiger partial charge in [0.25, 0.3) is 0 Å². The number of hydrogen-bond acceptors (Lipinski definition) is 3. The molecule has 26 heavy (non-hydrogen) atoms. The Morgan fingerprint density at radius 2 is 1.77 bits per heavy atom. The van der Waals surface area contributed by atoms with E-state index in [1.54, 1.807) is 19.2 Å². The second-order valence-corrected chi connectivity index (χ2v) is 6.18. The van der Waals surface area contributed by atoms with Gasteiger partial charge in [0.05, 0.1) is 13.2 Å². The molecule has 1 aliphatic heterocycles. The van der Waals surface area contributed by atoms with Crippen LogP contribution in [0.4, 0.5) is 13.2 Å². The maximum absolute atomic E-state index is 12.3. The predicted octanol–water partition coefficient (Wildman–Crippen LogP) is 4.31. The van der Waals surface area contributed by atoms with Gasteiger partial charge in [-0.05, 0) is 47.9 Å². The lowest BCUT2D eigenvalue weighted by molar-refractivity contribution is -0.274. The van der Waals surface area contributed by atoms with E-state index in [1.807, 2.05) is 18.2 Å². The largest absolute Gasteiger partial charge is 0.573 e. The fourth-order valence-electron chi connectivity index (χ4n) is 3.48. The third-order valence-corrected chi connectivity index (χ3v) is 4.61. The molecule has 3 aromatic rings. The molecule has 136 valence electrons. The number of hydrogen-bond donors (Lipinski definition) is 2. The number of ether oxygens (including phenoxy) is 2. The van der Waals surface area contributed by atoms with Gasteiger partial charge in [-0.25, -0.2) is 0 Å². The number of H-pyrrole nitrogens is 1. The summed E-state index contributed by atoms with van der Waals surface area (Å²) in [4.78, 5) is 3.44. The number of alkyl halides is 3. The third kappa shape index (κ3) is 3.10. The van der Waals surface area contributed by atoms with Crippen molar-refractivity contribution in [1.29, 1.82) is 0 Å². The molecule has 7 heteroatoms. The highest BCUT2D eigenvalue weighted by atomic mass is 19.4. The Balaban J connectivity index is 1.69. The number of aromatic nitrogens is 1. The minimum atomic E-state index is -4.69. The first-order chi connectivity index (χ1) is 12.4. The first-order valence-electron chi connectivity index (χ1n) is 8.22. The molecule has 1 aromatic heterocycles. The summed E-state index contributed by atoms with van der Waals surface area (Å²) < 4.78 is 46.2. The first-order valence-corrected chi connectivity index (χ1v) is 8.22. The molecule has 0 spiro atoms. The van der Waals surface area contributed by atoms with E-state index >= 15 is 0 Å². The minimum absolute atomic E-state index is 0.114. The number of nitrogens with one attached hydrogen (secondary N) is 2. The Labute approximate surface area is 147 Å². The number of methoxy groups -OCH3 is 1. The van der Waals surface area contributed by atoms with Crippen molar-refractivity contribution in [1.82, 2.24) is 10.3 Å². The summed E-state index contributed by atoms with van der Waals surface area (Å²) in [5.41, 5.74) is 4.13. The van der Waals surface area contributed by atoms with Crippen LogP contribution < -0.4 is 14.8 Å². The quantitative estimate of drug-likeness (QED) is 0.730. The summed E-state index contributed by atoms with van der Waals surface area (Å²) >= 11 is 0. The summed E-state index contributed by atoms with van der Waals surface area (Å²) in [5, 5.41) is 4.54. The van der Waals surface area contributed by atoms with Gasteiger partial charge in [0.15, 0.2) is 0 Å². The van der Waals surface area contributed by atoms with Crippen LogP contribution in [0, 0.1) is 0 Å². The van der Waals surface area contributed by atoms with Gasteiger partial charge in [-0.2, -0.15) is 0 Å². The molecule has 4 rings (SSSR count). The Morgan fingerprint density at radius 1 is 1.04 bits per heavy atom. The molecule has 0 fully saturated rings. The summed E-state index contributed by atoms with van der Waals surface area (Å²) in [5.74, 6) is 0.571. The zero-order chi connectivity index (χ0) is 18.3. The van der Waals surface area contributed by atoms with Crippen molar-refractivity contribution in [3.63, 3.8) is 0 Å². The van der Waals surface area contributed by atoms with Gasteiger partial charge in [0, 0.05) is 23.1 Å². The van der Waals surface area contributed by atoms with Gasteiger partial charge in [-0.1, -0.05) is 12.1 Å². The summed E-state index contributed by atoms with van der Waals surface area (Å²) in [6.45, 7) is 0.780. The number of rotatable bonds is 3. The van der Waals surface area contributed by atoms with Crippen LogP contribution in [0.15, 0.2) is 42.5 Å². The molecule has 4 nitrogen and oxygen atoms in total. The molecular weight excluding hydrogens is 345 g/mol. The molecule has 1 unspecified atom stereocenters. The van der Waals surface area contributed by atoms with Crippen molar-refractivity contribution in [3.05, 3.63) is 59.3 Å². The van der Waals surface area contributed by atoms with E-state index in [2.05, 4.69) is 15.0 Å². The maximum atomic E-state index is 12.3. The Bertz CT molecular complexity index is 932. The van der Waals surface area contributed by atoms with E-state index in [4.69, 9.17) is 4.74 Å². The van der Waals surface area contributed by atoms with E-state index in [0.29, 0.717) is 0 Å². The maximum Gasteiger partial charge on any atom is 0.573 e. The molecule has 0 saturated carbocycles. The van der Waals surface area contributed by atoms with Crippen LogP contribution in [0.5, 0.6) is 11.5 Å². The first kappa shape index (κ1) is 16.8. The highest BCUT2D eigenvalue weighted by molar-refractivity contribution is 5.86. The van der Waals surface area contributed by atoms with Crippen LogP contribution >= 0.6 is 0 Å². The van der Waals surface area contributed by atoms with E-state index in [1.165, 1.54) is 17.7 Å². The number of halogens is 3. The number of benzene rings is 2. The monoisotopic (exact) mass is 362 g/mol. The molecule has 0 radical (unpaired) electrons. The lowest BCUT2D eigenvalue weighted by atomic mass is 9.94. The van der Waals surface area contributed by atoms with Gasteiger partial charge in [0.2, 0.25) is 0 Å².